The van der Waals surface area contributed by atoms with Crippen LogP contribution in [0.4, 0.5) is 4.79 Å². The molecule has 1 unspecified atom stereocenters. The van der Waals surface area contributed by atoms with Crippen LogP contribution < -0.4 is 5.32 Å². The molecule has 0 aliphatic carbocycles. The standard InChI is InChI=1S/C24H25ClN4O2/c1-4-13-29-15(3)20(21(26-24(29)30)18-7-6-8-19(25)14-18)23-27-22(28-31-23)17-11-9-16(5-2)10-12-17/h6-12,14,21H,4-5,13H2,1-3H3,(H,26,30). The molecule has 4 rings (SSSR count). The van der Waals surface area contributed by atoms with Gasteiger partial charge in [0.15, 0.2) is 0 Å². The van der Waals surface area contributed by atoms with E-state index in [9.17, 15) is 4.79 Å². The van der Waals surface area contributed by atoms with Gasteiger partial charge in [-0.1, -0.05) is 67.0 Å². The van der Waals surface area contributed by atoms with Crippen LogP contribution in [-0.2, 0) is 6.42 Å². The molecule has 0 bridgehead atoms. The van der Waals surface area contributed by atoms with E-state index in [2.05, 4.69) is 34.5 Å². The number of halogens is 1. The molecule has 3 aromatic rings. The molecule has 2 amide bonds. The number of hydrogen-bond acceptors (Lipinski definition) is 4. The number of benzene rings is 2. The Labute approximate surface area is 186 Å². The molecule has 0 saturated heterocycles. The summed E-state index contributed by atoms with van der Waals surface area (Å²) in [6.45, 7) is 6.67. The van der Waals surface area contributed by atoms with E-state index >= 15 is 0 Å². The molecule has 1 aliphatic heterocycles. The molecule has 0 fully saturated rings. The largest absolute Gasteiger partial charge is 0.334 e. The fourth-order valence-electron chi connectivity index (χ4n) is 3.83. The molecular formula is C24H25ClN4O2. The number of carbonyl (C=O) groups is 1. The van der Waals surface area contributed by atoms with Crippen molar-refractivity contribution in [3.8, 4) is 11.4 Å². The highest BCUT2D eigenvalue weighted by molar-refractivity contribution is 6.30. The van der Waals surface area contributed by atoms with E-state index in [0.717, 1.165) is 35.2 Å². The van der Waals surface area contributed by atoms with E-state index in [4.69, 9.17) is 16.1 Å². The van der Waals surface area contributed by atoms with Gasteiger partial charge in [-0.25, -0.2) is 4.79 Å². The Morgan fingerprint density at radius 2 is 1.94 bits per heavy atom. The summed E-state index contributed by atoms with van der Waals surface area (Å²) in [5, 5.41) is 7.89. The normalized spacial score (nSPS) is 16.6. The lowest BCUT2D eigenvalue weighted by atomic mass is 9.94. The fraction of sp³-hybridized carbons (Fsp3) is 0.292. The van der Waals surface area contributed by atoms with Gasteiger partial charge in [-0.2, -0.15) is 4.98 Å². The molecular weight excluding hydrogens is 412 g/mol. The zero-order valence-electron chi connectivity index (χ0n) is 17.9. The van der Waals surface area contributed by atoms with Gasteiger partial charge in [0, 0.05) is 22.8 Å². The van der Waals surface area contributed by atoms with Crippen molar-refractivity contribution >= 4 is 23.2 Å². The van der Waals surface area contributed by atoms with Gasteiger partial charge in [0.1, 0.15) is 0 Å². The lowest BCUT2D eigenvalue weighted by Gasteiger charge is -2.35. The van der Waals surface area contributed by atoms with E-state index < -0.39 is 6.04 Å². The first kappa shape index (κ1) is 21.1. The lowest BCUT2D eigenvalue weighted by Crippen LogP contribution is -2.46. The predicted molar refractivity (Wildman–Crippen MR) is 121 cm³/mol. The Balaban J connectivity index is 1.79. The Kier molecular flexibility index (Phi) is 6.09. The van der Waals surface area contributed by atoms with Gasteiger partial charge in [0.2, 0.25) is 5.82 Å². The maximum absolute atomic E-state index is 12.8. The highest BCUT2D eigenvalue weighted by atomic mass is 35.5. The summed E-state index contributed by atoms with van der Waals surface area (Å²) in [6, 6.07) is 15.0. The maximum atomic E-state index is 12.8. The number of amides is 2. The van der Waals surface area contributed by atoms with Crippen LogP contribution in [0.1, 0.15) is 50.3 Å². The Bertz CT molecular complexity index is 1120. The summed E-state index contributed by atoms with van der Waals surface area (Å²) in [6.07, 6.45) is 1.80. The van der Waals surface area contributed by atoms with Crippen LogP contribution in [0.2, 0.25) is 5.02 Å². The van der Waals surface area contributed by atoms with Crippen molar-refractivity contribution in [1.82, 2.24) is 20.4 Å². The summed E-state index contributed by atoms with van der Waals surface area (Å²) in [7, 11) is 0. The SMILES string of the molecule is CCCN1C(=O)NC(c2cccc(Cl)c2)C(c2nc(-c3ccc(CC)cc3)no2)=C1C. The molecule has 1 aliphatic rings. The minimum Gasteiger partial charge on any atom is -0.334 e. The van der Waals surface area contributed by atoms with Gasteiger partial charge in [0.05, 0.1) is 11.6 Å². The summed E-state index contributed by atoms with van der Waals surface area (Å²) in [5.74, 6) is 0.903. The van der Waals surface area contributed by atoms with Crippen molar-refractivity contribution < 1.29 is 9.32 Å². The van der Waals surface area contributed by atoms with Crippen molar-refractivity contribution in [2.75, 3.05) is 6.54 Å². The maximum Gasteiger partial charge on any atom is 0.322 e. The quantitative estimate of drug-likeness (QED) is 0.525. The molecule has 0 saturated carbocycles. The molecule has 6 nitrogen and oxygen atoms in total. The third kappa shape index (κ3) is 4.21. The van der Waals surface area contributed by atoms with Crippen LogP contribution in [0, 0.1) is 0 Å². The number of nitrogens with one attached hydrogen (secondary N) is 1. The highest BCUT2D eigenvalue weighted by Crippen LogP contribution is 2.38. The Hall–Kier alpha value is -3.12. The smallest absolute Gasteiger partial charge is 0.322 e. The topological polar surface area (TPSA) is 71.3 Å². The van der Waals surface area contributed by atoms with Crippen LogP contribution in [-0.4, -0.2) is 27.6 Å². The van der Waals surface area contributed by atoms with Crippen molar-refractivity contribution in [3.63, 3.8) is 0 Å². The summed E-state index contributed by atoms with van der Waals surface area (Å²) >= 11 is 6.23. The minimum atomic E-state index is -0.435. The average Bonchev–Trinajstić information content (AvgIpc) is 3.26. The second-order valence-corrected chi connectivity index (χ2v) is 8.00. The minimum absolute atomic E-state index is 0.150. The molecule has 0 radical (unpaired) electrons. The second kappa shape index (κ2) is 8.94. The van der Waals surface area contributed by atoms with E-state index in [-0.39, 0.29) is 6.03 Å². The van der Waals surface area contributed by atoms with Crippen molar-refractivity contribution in [2.24, 2.45) is 0 Å². The van der Waals surface area contributed by atoms with Gasteiger partial charge in [-0.3, -0.25) is 4.90 Å². The predicted octanol–water partition coefficient (Wildman–Crippen LogP) is 5.86. The molecule has 2 heterocycles. The highest BCUT2D eigenvalue weighted by Gasteiger charge is 2.35. The van der Waals surface area contributed by atoms with Crippen LogP contribution in [0.15, 0.2) is 58.8 Å². The third-order valence-corrected chi connectivity index (χ3v) is 5.74. The van der Waals surface area contributed by atoms with Gasteiger partial charge >= 0.3 is 6.03 Å². The average molecular weight is 437 g/mol. The first-order valence-corrected chi connectivity index (χ1v) is 10.9. The van der Waals surface area contributed by atoms with Gasteiger partial charge in [-0.05, 0) is 43.0 Å². The first-order chi connectivity index (χ1) is 15.0. The number of rotatable bonds is 6. The monoisotopic (exact) mass is 436 g/mol. The first-order valence-electron chi connectivity index (χ1n) is 10.5. The molecule has 2 aromatic carbocycles. The fourth-order valence-corrected chi connectivity index (χ4v) is 4.03. The zero-order chi connectivity index (χ0) is 22.0. The number of carbonyl (C=O) groups excluding carboxylic acids is 1. The Morgan fingerprint density at radius 3 is 2.61 bits per heavy atom. The number of urea groups is 1. The van der Waals surface area contributed by atoms with Crippen molar-refractivity contribution in [3.05, 3.63) is 76.3 Å². The molecule has 0 spiro atoms. The summed E-state index contributed by atoms with van der Waals surface area (Å²) < 4.78 is 5.70. The molecule has 1 aromatic heterocycles. The number of aryl methyl sites for hydroxylation is 1. The van der Waals surface area contributed by atoms with Gasteiger partial charge in [-0.15, -0.1) is 0 Å². The van der Waals surface area contributed by atoms with Gasteiger partial charge < -0.3 is 9.84 Å². The van der Waals surface area contributed by atoms with E-state index in [1.807, 2.05) is 44.2 Å². The van der Waals surface area contributed by atoms with Crippen LogP contribution >= 0.6 is 11.6 Å². The third-order valence-electron chi connectivity index (χ3n) is 5.50. The van der Waals surface area contributed by atoms with Crippen LogP contribution in [0.5, 0.6) is 0 Å². The van der Waals surface area contributed by atoms with Crippen LogP contribution in [0.3, 0.4) is 0 Å². The molecule has 1 N–H and O–H groups in total. The number of nitrogens with zero attached hydrogens (tertiary/aromatic N) is 3. The second-order valence-electron chi connectivity index (χ2n) is 7.56. The lowest BCUT2D eigenvalue weighted by molar-refractivity contribution is 0.205. The molecule has 31 heavy (non-hydrogen) atoms. The van der Waals surface area contributed by atoms with E-state index in [1.54, 1.807) is 11.0 Å². The van der Waals surface area contributed by atoms with Crippen molar-refractivity contribution in [2.45, 2.75) is 39.7 Å². The Morgan fingerprint density at radius 1 is 1.16 bits per heavy atom. The van der Waals surface area contributed by atoms with Crippen molar-refractivity contribution in [1.29, 1.82) is 0 Å². The summed E-state index contributed by atoms with van der Waals surface area (Å²) in [5.41, 5.74) is 4.57. The molecule has 7 heteroatoms. The van der Waals surface area contributed by atoms with E-state index in [0.29, 0.717) is 23.3 Å². The van der Waals surface area contributed by atoms with E-state index in [1.165, 1.54) is 5.56 Å². The number of allylic oxidation sites excluding steroid dienone is 1. The molecule has 1 atom stereocenters. The summed E-state index contributed by atoms with van der Waals surface area (Å²) in [4.78, 5) is 19.2. The molecule has 160 valence electrons. The number of aromatic nitrogens is 2. The zero-order valence-corrected chi connectivity index (χ0v) is 18.6. The number of hydrogen-bond donors (Lipinski definition) is 1. The van der Waals surface area contributed by atoms with Crippen LogP contribution in [0.25, 0.3) is 17.0 Å². The van der Waals surface area contributed by atoms with Gasteiger partial charge in [0.25, 0.3) is 5.89 Å².